The minimum absolute atomic E-state index is 0.00958. The number of phenolic OH excluding ortho intramolecular Hbond substituents is 1. The highest BCUT2D eigenvalue weighted by atomic mass is 19.1. The third kappa shape index (κ3) is 2.46. The Bertz CT molecular complexity index is 447. The summed E-state index contributed by atoms with van der Waals surface area (Å²) in [4.78, 5) is 13.9. The predicted molar refractivity (Wildman–Crippen MR) is 65.8 cm³/mol. The second kappa shape index (κ2) is 5.35. The molecule has 1 amide bonds. The Balaban J connectivity index is 2.23. The van der Waals surface area contributed by atoms with Crippen LogP contribution in [0.3, 0.4) is 0 Å². The summed E-state index contributed by atoms with van der Waals surface area (Å²) >= 11 is 0. The minimum atomic E-state index is -0.530. The zero-order valence-corrected chi connectivity index (χ0v) is 10.1. The second-order valence-corrected chi connectivity index (χ2v) is 4.53. The van der Waals surface area contributed by atoms with Crippen LogP contribution in [0.15, 0.2) is 18.2 Å². The van der Waals surface area contributed by atoms with Crippen LogP contribution in [0.25, 0.3) is 0 Å². The maximum atomic E-state index is 13.1. The van der Waals surface area contributed by atoms with Gasteiger partial charge < -0.3 is 15.7 Å². The Labute approximate surface area is 105 Å². The fourth-order valence-corrected chi connectivity index (χ4v) is 2.12. The number of rotatable bonds is 4. The fourth-order valence-electron chi connectivity index (χ4n) is 2.12. The smallest absolute Gasteiger partial charge is 0.258 e. The number of halogens is 1. The van der Waals surface area contributed by atoms with Crippen molar-refractivity contribution in [1.29, 1.82) is 0 Å². The lowest BCUT2D eigenvalue weighted by molar-refractivity contribution is 0.0585. The molecule has 1 aromatic rings. The second-order valence-electron chi connectivity index (χ2n) is 4.53. The zero-order chi connectivity index (χ0) is 13.1. The third-order valence-electron chi connectivity index (χ3n) is 3.34. The van der Waals surface area contributed by atoms with E-state index in [-0.39, 0.29) is 23.3 Å². The van der Waals surface area contributed by atoms with Crippen LogP contribution in [0.5, 0.6) is 5.75 Å². The van der Waals surface area contributed by atoms with Crippen molar-refractivity contribution in [2.75, 3.05) is 13.1 Å². The van der Waals surface area contributed by atoms with Crippen molar-refractivity contribution in [2.45, 2.75) is 25.3 Å². The van der Waals surface area contributed by atoms with E-state index in [1.807, 2.05) is 0 Å². The van der Waals surface area contributed by atoms with Crippen LogP contribution >= 0.6 is 0 Å². The summed E-state index contributed by atoms with van der Waals surface area (Å²) < 4.78 is 13.1. The van der Waals surface area contributed by atoms with Gasteiger partial charge in [0.2, 0.25) is 0 Å². The highest BCUT2D eigenvalue weighted by molar-refractivity contribution is 5.97. The summed E-state index contributed by atoms with van der Waals surface area (Å²) in [5.41, 5.74) is 5.51. The Hall–Kier alpha value is -1.62. The SMILES string of the molecule is NCCN(C(=O)c1cc(F)ccc1O)C1CCC1. The first kappa shape index (κ1) is 12.8. The number of nitrogens with two attached hydrogens (primary N) is 1. The zero-order valence-electron chi connectivity index (χ0n) is 10.1. The molecular formula is C13H17FN2O2. The average molecular weight is 252 g/mol. The van der Waals surface area contributed by atoms with E-state index in [0.29, 0.717) is 13.1 Å². The summed E-state index contributed by atoms with van der Waals surface area (Å²) in [5, 5.41) is 9.65. The van der Waals surface area contributed by atoms with E-state index < -0.39 is 5.82 Å². The Morgan fingerprint density at radius 1 is 1.50 bits per heavy atom. The van der Waals surface area contributed by atoms with Gasteiger partial charge in [-0.3, -0.25) is 4.79 Å². The lowest BCUT2D eigenvalue weighted by atomic mass is 9.91. The number of phenols is 1. The molecule has 0 spiro atoms. The first-order valence-corrected chi connectivity index (χ1v) is 6.13. The first-order chi connectivity index (χ1) is 8.63. The van der Waals surface area contributed by atoms with Gasteiger partial charge in [0.05, 0.1) is 5.56 Å². The molecule has 2 rings (SSSR count). The topological polar surface area (TPSA) is 66.6 Å². The molecule has 3 N–H and O–H groups in total. The van der Waals surface area contributed by atoms with Crippen LogP contribution in [0, 0.1) is 5.82 Å². The summed E-state index contributed by atoms with van der Waals surface area (Å²) in [6.07, 6.45) is 2.98. The van der Waals surface area contributed by atoms with E-state index in [1.54, 1.807) is 4.90 Å². The average Bonchev–Trinajstić information content (AvgIpc) is 2.28. The largest absolute Gasteiger partial charge is 0.507 e. The number of carbonyl (C=O) groups is 1. The van der Waals surface area contributed by atoms with Crippen molar-refractivity contribution in [1.82, 2.24) is 4.90 Å². The quantitative estimate of drug-likeness (QED) is 0.853. The van der Waals surface area contributed by atoms with Gasteiger partial charge in [0.25, 0.3) is 5.91 Å². The van der Waals surface area contributed by atoms with E-state index in [0.717, 1.165) is 31.4 Å². The Morgan fingerprint density at radius 3 is 2.78 bits per heavy atom. The first-order valence-electron chi connectivity index (χ1n) is 6.13. The highest BCUT2D eigenvalue weighted by Crippen LogP contribution is 2.28. The third-order valence-corrected chi connectivity index (χ3v) is 3.34. The maximum Gasteiger partial charge on any atom is 0.258 e. The number of hydrogen-bond donors (Lipinski definition) is 2. The summed E-state index contributed by atoms with van der Waals surface area (Å²) in [7, 11) is 0. The van der Waals surface area contributed by atoms with Crippen LogP contribution in [-0.2, 0) is 0 Å². The van der Waals surface area contributed by atoms with E-state index in [1.165, 1.54) is 6.07 Å². The molecule has 4 nitrogen and oxygen atoms in total. The molecule has 1 fully saturated rings. The molecule has 0 aromatic heterocycles. The standard InChI is InChI=1S/C13H17FN2O2/c14-9-4-5-12(17)11(8-9)13(18)16(7-6-15)10-2-1-3-10/h4-5,8,10,17H,1-3,6-7,15H2. The van der Waals surface area contributed by atoms with Gasteiger partial charge in [-0.2, -0.15) is 0 Å². The molecule has 1 aliphatic carbocycles. The summed E-state index contributed by atoms with van der Waals surface area (Å²) in [5.74, 6) is -1.07. The molecule has 0 aliphatic heterocycles. The van der Waals surface area contributed by atoms with Crippen molar-refractivity contribution in [3.05, 3.63) is 29.6 Å². The number of carbonyl (C=O) groups excluding carboxylic acids is 1. The molecular weight excluding hydrogens is 235 g/mol. The Morgan fingerprint density at radius 2 is 2.22 bits per heavy atom. The van der Waals surface area contributed by atoms with Crippen molar-refractivity contribution < 1.29 is 14.3 Å². The minimum Gasteiger partial charge on any atom is -0.507 e. The molecule has 0 heterocycles. The van der Waals surface area contributed by atoms with Gasteiger partial charge in [-0.25, -0.2) is 4.39 Å². The van der Waals surface area contributed by atoms with Crippen molar-refractivity contribution >= 4 is 5.91 Å². The highest BCUT2D eigenvalue weighted by Gasteiger charge is 2.30. The molecule has 98 valence electrons. The Kier molecular flexibility index (Phi) is 3.81. The normalized spacial score (nSPS) is 15.2. The summed E-state index contributed by atoms with van der Waals surface area (Å²) in [6, 6.07) is 3.57. The monoisotopic (exact) mass is 252 g/mol. The number of benzene rings is 1. The summed E-state index contributed by atoms with van der Waals surface area (Å²) in [6.45, 7) is 0.789. The molecule has 0 bridgehead atoms. The van der Waals surface area contributed by atoms with E-state index in [4.69, 9.17) is 5.73 Å². The molecule has 1 saturated carbocycles. The number of aromatic hydroxyl groups is 1. The van der Waals surface area contributed by atoms with Gasteiger partial charge >= 0.3 is 0 Å². The lowest BCUT2D eigenvalue weighted by Crippen LogP contribution is -2.46. The molecule has 0 atom stereocenters. The van der Waals surface area contributed by atoms with Gasteiger partial charge in [-0.05, 0) is 37.5 Å². The number of nitrogens with zero attached hydrogens (tertiary/aromatic N) is 1. The van der Waals surface area contributed by atoms with E-state index in [9.17, 15) is 14.3 Å². The van der Waals surface area contributed by atoms with E-state index >= 15 is 0 Å². The molecule has 1 aliphatic rings. The molecule has 0 unspecified atom stereocenters. The molecule has 18 heavy (non-hydrogen) atoms. The molecule has 0 radical (unpaired) electrons. The molecule has 0 saturated heterocycles. The van der Waals surface area contributed by atoms with Crippen molar-refractivity contribution in [3.63, 3.8) is 0 Å². The fraction of sp³-hybridized carbons (Fsp3) is 0.462. The van der Waals surface area contributed by atoms with Crippen molar-refractivity contribution in [2.24, 2.45) is 5.73 Å². The van der Waals surface area contributed by atoms with Gasteiger partial charge in [-0.1, -0.05) is 0 Å². The van der Waals surface area contributed by atoms with Crippen LogP contribution in [0.2, 0.25) is 0 Å². The lowest BCUT2D eigenvalue weighted by Gasteiger charge is -2.37. The van der Waals surface area contributed by atoms with Gasteiger partial charge in [0.1, 0.15) is 11.6 Å². The van der Waals surface area contributed by atoms with Crippen LogP contribution in [0.1, 0.15) is 29.6 Å². The van der Waals surface area contributed by atoms with Crippen LogP contribution in [-0.4, -0.2) is 35.0 Å². The molecule has 5 heteroatoms. The maximum absolute atomic E-state index is 13.1. The van der Waals surface area contributed by atoms with Gasteiger partial charge in [0.15, 0.2) is 0 Å². The van der Waals surface area contributed by atoms with Crippen molar-refractivity contribution in [3.8, 4) is 5.75 Å². The molecule has 1 aromatic carbocycles. The number of amides is 1. The number of hydrogen-bond acceptors (Lipinski definition) is 3. The van der Waals surface area contributed by atoms with Crippen LogP contribution in [0.4, 0.5) is 4.39 Å². The van der Waals surface area contributed by atoms with E-state index in [2.05, 4.69) is 0 Å². The van der Waals surface area contributed by atoms with Gasteiger partial charge in [-0.15, -0.1) is 0 Å². The van der Waals surface area contributed by atoms with Crippen LogP contribution < -0.4 is 5.73 Å². The predicted octanol–water partition coefficient (Wildman–Crippen LogP) is 1.48. The van der Waals surface area contributed by atoms with Gasteiger partial charge in [0, 0.05) is 19.1 Å².